The van der Waals surface area contributed by atoms with Crippen molar-refractivity contribution in [3.8, 4) is 0 Å². The summed E-state index contributed by atoms with van der Waals surface area (Å²) in [6.07, 6.45) is 4.59. The summed E-state index contributed by atoms with van der Waals surface area (Å²) in [6, 6.07) is 19.5. The molecule has 118 valence electrons. The number of aryl methyl sites for hydroxylation is 1. The monoisotopic (exact) mass is 303 g/mol. The lowest BCUT2D eigenvalue weighted by Gasteiger charge is -2.23. The Bertz CT molecular complexity index is 723. The molecule has 23 heavy (non-hydrogen) atoms. The molecule has 3 rings (SSSR count). The van der Waals surface area contributed by atoms with E-state index in [1.807, 2.05) is 0 Å². The predicted octanol–water partition coefficient (Wildman–Crippen LogP) is 5.77. The Hall–Kier alpha value is -2.15. The van der Waals surface area contributed by atoms with Gasteiger partial charge < -0.3 is 0 Å². The fourth-order valence-corrected chi connectivity index (χ4v) is 3.25. The average molecular weight is 303 g/mol. The van der Waals surface area contributed by atoms with Gasteiger partial charge in [0.15, 0.2) is 0 Å². The lowest BCUT2D eigenvalue weighted by Crippen LogP contribution is -2.17. The molecule has 0 N–H and O–H groups in total. The second kappa shape index (κ2) is 6.95. The SMILES string of the molecule is CC(C)/C=C1/CCc2ccccc2C1=N[C@@H](C)c1ccccc1. The van der Waals surface area contributed by atoms with E-state index in [4.69, 9.17) is 4.99 Å². The molecule has 1 heteroatoms. The van der Waals surface area contributed by atoms with Crippen molar-refractivity contribution in [3.63, 3.8) is 0 Å². The first-order valence-corrected chi connectivity index (χ1v) is 8.57. The van der Waals surface area contributed by atoms with Crippen LogP contribution in [0.4, 0.5) is 0 Å². The van der Waals surface area contributed by atoms with Gasteiger partial charge in [-0.3, -0.25) is 4.99 Å². The highest BCUT2D eigenvalue weighted by Gasteiger charge is 2.20. The number of rotatable bonds is 3. The Morgan fingerprint density at radius 3 is 2.30 bits per heavy atom. The maximum absolute atomic E-state index is 5.13. The largest absolute Gasteiger partial charge is 0.277 e. The Balaban J connectivity index is 2.06. The summed E-state index contributed by atoms with van der Waals surface area (Å²) in [5.74, 6) is 0.549. The van der Waals surface area contributed by atoms with Crippen LogP contribution in [0.1, 0.15) is 49.9 Å². The Morgan fingerprint density at radius 2 is 1.57 bits per heavy atom. The molecular weight excluding hydrogens is 278 g/mol. The van der Waals surface area contributed by atoms with E-state index in [0.717, 1.165) is 12.8 Å². The molecule has 0 spiro atoms. The van der Waals surface area contributed by atoms with Crippen molar-refractivity contribution in [2.24, 2.45) is 10.9 Å². The quantitative estimate of drug-likeness (QED) is 0.683. The summed E-state index contributed by atoms with van der Waals surface area (Å²) in [5.41, 5.74) is 6.60. The maximum atomic E-state index is 5.13. The molecule has 0 unspecified atom stereocenters. The molecule has 1 aliphatic rings. The number of hydrogen-bond donors (Lipinski definition) is 0. The zero-order chi connectivity index (χ0) is 16.2. The highest BCUT2D eigenvalue weighted by molar-refractivity contribution is 6.14. The molecule has 0 radical (unpaired) electrons. The normalized spacial score (nSPS) is 19.1. The smallest absolute Gasteiger partial charge is 0.0728 e. The highest BCUT2D eigenvalue weighted by Crippen LogP contribution is 2.29. The van der Waals surface area contributed by atoms with Crippen LogP contribution in [0.15, 0.2) is 71.2 Å². The van der Waals surface area contributed by atoms with E-state index < -0.39 is 0 Å². The standard InChI is InChI=1S/C22H25N/c1-16(2)15-20-14-13-19-11-7-8-12-21(19)22(20)23-17(3)18-9-5-4-6-10-18/h4-12,15-17H,13-14H2,1-3H3/b20-15-,23-22?/t17-/m0/s1. The van der Waals surface area contributed by atoms with Gasteiger partial charge in [-0.15, -0.1) is 0 Å². The lowest BCUT2D eigenvalue weighted by atomic mass is 9.84. The number of hydrogen-bond acceptors (Lipinski definition) is 1. The molecule has 0 amide bonds. The molecule has 1 nitrogen and oxygen atoms in total. The second-order valence-corrected chi connectivity index (χ2v) is 6.66. The molecule has 0 fully saturated rings. The van der Waals surface area contributed by atoms with Gasteiger partial charge in [-0.1, -0.05) is 74.5 Å². The summed E-state index contributed by atoms with van der Waals surface area (Å²) in [5, 5.41) is 0. The van der Waals surface area contributed by atoms with Gasteiger partial charge in [0.1, 0.15) is 0 Å². The van der Waals surface area contributed by atoms with Crippen LogP contribution in [0.2, 0.25) is 0 Å². The van der Waals surface area contributed by atoms with Crippen LogP contribution in [-0.4, -0.2) is 5.71 Å². The van der Waals surface area contributed by atoms with Crippen molar-refractivity contribution < 1.29 is 0 Å². The van der Waals surface area contributed by atoms with Crippen LogP contribution >= 0.6 is 0 Å². The van der Waals surface area contributed by atoms with Crippen molar-refractivity contribution in [1.82, 2.24) is 0 Å². The van der Waals surface area contributed by atoms with Crippen LogP contribution in [0.25, 0.3) is 0 Å². The number of allylic oxidation sites excluding steroid dienone is 2. The average Bonchev–Trinajstić information content (AvgIpc) is 2.57. The predicted molar refractivity (Wildman–Crippen MR) is 99.1 cm³/mol. The van der Waals surface area contributed by atoms with Crippen LogP contribution in [0.3, 0.4) is 0 Å². The van der Waals surface area contributed by atoms with Gasteiger partial charge >= 0.3 is 0 Å². The van der Waals surface area contributed by atoms with Crippen molar-refractivity contribution >= 4 is 5.71 Å². The van der Waals surface area contributed by atoms with Gasteiger partial charge in [0.2, 0.25) is 0 Å². The van der Waals surface area contributed by atoms with Gasteiger partial charge in [-0.2, -0.15) is 0 Å². The number of nitrogens with zero attached hydrogens (tertiary/aromatic N) is 1. The van der Waals surface area contributed by atoms with E-state index in [0.29, 0.717) is 5.92 Å². The molecule has 1 atom stereocenters. The lowest BCUT2D eigenvalue weighted by molar-refractivity contribution is 0.796. The van der Waals surface area contributed by atoms with Crippen molar-refractivity contribution in [3.05, 3.63) is 82.9 Å². The molecular formula is C22H25N. The van der Waals surface area contributed by atoms with Crippen molar-refractivity contribution in [2.45, 2.75) is 39.7 Å². The topological polar surface area (TPSA) is 12.4 Å². The molecule has 0 heterocycles. The number of fused-ring (bicyclic) bond motifs is 1. The fraction of sp³-hybridized carbons (Fsp3) is 0.318. The summed E-state index contributed by atoms with van der Waals surface area (Å²) in [4.78, 5) is 5.13. The third-order valence-electron chi connectivity index (χ3n) is 4.38. The first kappa shape index (κ1) is 15.7. The van der Waals surface area contributed by atoms with Gasteiger partial charge in [-0.05, 0) is 42.4 Å². The Kier molecular flexibility index (Phi) is 4.76. The number of benzene rings is 2. The summed E-state index contributed by atoms with van der Waals surface area (Å²) in [7, 11) is 0. The van der Waals surface area contributed by atoms with Gasteiger partial charge in [-0.25, -0.2) is 0 Å². The summed E-state index contributed by atoms with van der Waals surface area (Å²) >= 11 is 0. The molecule has 0 saturated heterocycles. The van der Waals surface area contributed by atoms with Gasteiger partial charge in [0.25, 0.3) is 0 Å². The van der Waals surface area contributed by atoms with E-state index in [2.05, 4.69) is 81.4 Å². The Morgan fingerprint density at radius 1 is 0.870 bits per heavy atom. The third-order valence-corrected chi connectivity index (χ3v) is 4.38. The molecule has 2 aromatic carbocycles. The molecule has 0 bridgehead atoms. The molecule has 0 aliphatic heterocycles. The maximum Gasteiger partial charge on any atom is 0.0728 e. The second-order valence-electron chi connectivity index (χ2n) is 6.66. The minimum Gasteiger partial charge on any atom is -0.277 e. The van der Waals surface area contributed by atoms with Crippen LogP contribution in [0, 0.1) is 5.92 Å². The zero-order valence-electron chi connectivity index (χ0n) is 14.3. The first-order chi connectivity index (χ1) is 11.1. The van der Waals surface area contributed by atoms with E-state index in [-0.39, 0.29) is 6.04 Å². The van der Waals surface area contributed by atoms with Crippen LogP contribution in [-0.2, 0) is 6.42 Å². The fourth-order valence-electron chi connectivity index (χ4n) is 3.25. The summed E-state index contributed by atoms with van der Waals surface area (Å²) in [6.45, 7) is 6.67. The molecule has 0 saturated carbocycles. The highest BCUT2D eigenvalue weighted by atomic mass is 14.8. The van der Waals surface area contributed by atoms with Crippen LogP contribution in [0.5, 0.6) is 0 Å². The minimum absolute atomic E-state index is 0.174. The molecule has 1 aliphatic carbocycles. The van der Waals surface area contributed by atoms with Crippen molar-refractivity contribution in [2.75, 3.05) is 0 Å². The zero-order valence-corrected chi connectivity index (χ0v) is 14.3. The first-order valence-electron chi connectivity index (χ1n) is 8.57. The van der Waals surface area contributed by atoms with E-state index >= 15 is 0 Å². The third kappa shape index (κ3) is 3.61. The van der Waals surface area contributed by atoms with Gasteiger partial charge in [0.05, 0.1) is 11.8 Å². The summed E-state index contributed by atoms with van der Waals surface area (Å²) < 4.78 is 0. The number of aliphatic imine (C=N–C) groups is 1. The Labute approximate surface area is 139 Å². The molecule has 0 aromatic heterocycles. The van der Waals surface area contributed by atoms with E-state index in [9.17, 15) is 0 Å². The van der Waals surface area contributed by atoms with E-state index in [1.165, 1.54) is 28.0 Å². The van der Waals surface area contributed by atoms with Crippen LogP contribution < -0.4 is 0 Å². The minimum atomic E-state index is 0.174. The van der Waals surface area contributed by atoms with Gasteiger partial charge in [0, 0.05) is 5.56 Å². The molecule has 2 aromatic rings. The van der Waals surface area contributed by atoms with E-state index in [1.54, 1.807) is 0 Å². The van der Waals surface area contributed by atoms with Crippen molar-refractivity contribution in [1.29, 1.82) is 0 Å².